The zero-order valence-electron chi connectivity index (χ0n) is 17.8. The molecule has 0 N–H and O–H groups in total. The van der Waals surface area contributed by atoms with Gasteiger partial charge in [0.2, 0.25) is 0 Å². The van der Waals surface area contributed by atoms with Crippen LogP contribution in [-0.2, 0) is 9.53 Å². The molecule has 6 nitrogen and oxygen atoms in total. The molecule has 2 aliphatic heterocycles. The number of methoxy groups -OCH3 is 1. The number of hydrogen-bond acceptors (Lipinski definition) is 6. The summed E-state index contributed by atoms with van der Waals surface area (Å²) >= 11 is 0. The van der Waals surface area contributed by atoms with Crippen LogP contribution in [0.3, 0.4) is 0 Å². The Morgan fingerprint density at radius 1 is 1.29 bits per heavy atom. The first-order valence-electron chi connectivity index (χ1n) is 10.8. The number of esters is 1. The third-order valence-corrected chi connectivity index (χ3v) is 6.41. The number of hydrogen-bond donors (Lipinski definition) is 0. The van der Waals surface area contributed by atoms with Gasteiger partial charge in [-0.05, 0) is 24.1 Å². The minimum atomic E-state index is -1.12. The summed E-state index contributed by atoms with van der Waals surface area (Å²) in [5, 5.41) is 9.08. The molecule has 0 saturated carbocycles. The number of carbonyl (C=O) groups excluding carboxylic acids is 1. The van der Waals surface area contributed by atoms with E-state index in [0.29, 0.717) is 30.0 Å². The SMILES string of the molecule is COc1cc(C(F)CN2CCN(CCC3=CC4COC(=O)C4C=C3)CC2)ccc1C#N. The molecular formula is C24H28FN3O3. The topological polar surface area (TPSA) is 65.8 Å². The van der Waals surface area contributed by atoms with Crippen LogP contribution in [-0.4, -0.2) is 68.8 Å². The summed E-state index contributed by atoms with van der Waals surface area (Å²) in [6, 6.07) is 6.96. The molecule has 31 heavy (non-hydrogen) atoms. The quantitative estimate of drug-likeness (QED) is 0.626. The van der Waals surface area contributed by atoms with E-state index < -0.39 is 6.17 Å². The Morgan fingerprint density at radius 3 is 2.81 bits per heavy atom. The zero-order valence-corrected chi connectivity index (χ0v) is 17.8. The lowest BCUT2D eigenvalue weighted by Gasteiger charge is -2.35. The van der Waals surface area contributed by atoms with Gasteiger partial charge in [-0.25, -0.2) is 4.39 Å². The second-order valence-corrected chi connectivity index (χ2v) is 8.35. The number of nitrogens with zero attached hydrogens (tertiary/aromatic N) is 3. The summed E-state index contributed by atoms with van der Waals surface area (Å²) in [6.07, 6.45) is 6.06. The van der Waals surface area contributed by atoms with Crippen LogP contribution in [0.15, 0.2) is 42.0 Å². The van der Waals surface area contributed by atoms with Gasteiger partial charge in [0, 0.05) is 45.2 Å². The van der Waals surface area contributed by atoms with E-state index in [1.54, 1.807) is 18.2 Å². The van der Waals surface area contributed by atoms with E-state index >= 15 is 0 Å². The first kappa shape index (κ1) is 21.5. The van der Waals surface area contributed by atoms with Gasteiger partial charge in [0.25, 0.3) is 0 Å². The molecule has 1 aromatic rings. The first-order valence-corrected chi connectivity index (χ1v) is 10.8. The van der Waals surface area contributed by atoms with Crippen molar-refractivity contribution >= 4 is 5.97 Å². The largest absolute Gasteiger partial charge is 0.495 e. The minimum Gasteiger partial charge on any atom is -0.495 e. The lowest BCUT2D eigenvalue weighted by molar-refractivity contribution is -0.140. The molecule has 3 atom stereocenters. The molecule has 2 fully saturated rings. The molecule has 7 heteroatoms. The van der Waals surface area contributed by atoms with Gasteiger partial charge < -0.3 is 14.4 Å². The van der Waals surface area contributed by atoms with E-state index in [2.05, 4.69) is 28.0 Å². The fraction of sp³-hybridized carbons (Fsp3) is 0.500. The summed E-state index contributed by atoms with van der Waals surface area (Å²) in [5.41, 5.74) is 2.22. The number of rotatable bonds is 7. The lowest BCUT2D eigenvalue weighted by atomic mass is 9.87. The molecule has 0 aromatic heterocycles. The van der Waals surface area contributed by atoms with E-state index in [4.69, 9.17) is 14.7 Å². The van der Waals surface area contributed by atoms with Crippen molar-refractivity contribution in [2.75, 3.05) is 53.0 Å². The number of benzene rings is 1. The van der Waals surface area contributed by atoms with Crippen LogP contribution >= 0.6 is 0 Å². The van der Waals surface area contributed by atoms with Crippen LogP contribution in [0, 0.1) is 23.2 Å². The minimum absolute atomic E-state index is 0.1000. The van der Waals surface area contributed by atoms with Gasteiger partial charge in [-0.15, -0.1) is 0 Å². The maximum absolute atomic E-state index is 14.9. The Balaban J connectivity index is 1.22. The second-order valence-electron chi connectivity index (χ2n) is 8.35. The number of allylic oxidation sites excluding steroid dienone is 1. The lowest BCUT2D eigenvalue weighted by Crippen LogP contribution is -2.47. The van der Waals surface area contributed by atoms with Gasteiger partial charge in [0.05, 0.1) is 25.2 Å². The van der Waals surface area contributed by atoms with Gasteiger partial charge in [-0.3, -0.25) is 9.69 Å². The van der Waals surface area contributed by atoms with E-state index in [1.165, 1.54) is 12.7 Å². The van der Waals surface area contributed by atoms with Crippen molar-refractivity contribution in [3.05, 3.63) is 53.1 Å². The van der Waals surface area contributed by atoms with Crippen molar-refractivity contribution in [2.24, 2.45) is 11.8 Å². The van der Waals surface area contributed by atoms with Gasteiger partial charge in [0.15, 0.2) is 0 Å². The van der Waals surface area contributed by atoms with Gasteiger partial charge in [-0.1, -0.05) is 29.9 Å². The van der Waals surface area contributed by atoms with Crippen molar-refractivity contribution < 1.29 is 18.7 Å². The summed E-state index contributed by atoms with van der Waals surface area (Å²) in [4.78, 5) is 16.2. The van der Waals surface area contributed by atoms with Crippen LogP contribution in [0.1, 0.15) is 23.7 Å². The second kappa shape index (κ2) is 9.63. The Kier molecular flexibility index (Phi) is 6.69. The van der Waals surface area contributed by atoms with Crippen molar-refractivity contribution in [1.29, 1.82) is 5.26 Å². The van der Waals surface area contributed by atoms with Crippen LogP contribution in [0.5, 0.6) is 5.75 Å². The molecule has 0 radical (unpaired) electrons. The standard InChI is InChI=1S/C24H28FN3O3/c1-30-23-13-18(3-4-19(23)14-26)22(25)15-28-10-8-27(9-11-28)7-6-17-2-5-21-20(12-17)16-31-24(21)29/h2-5,12-13,20-22H,6-11,15-16H2,1H3. The monoisotopic (exact) mass is 425 g/mol. The maximum Gasteiger partial charge on any atom is 0.313 e. The van der Waals surface area contributed by atoms with Gasteiger partial charge in [0.1, 0.15) is 18.0 Å². The fourth-order valence-electron chi connectivity index (χ4n) is 4.46. The highest BCUT2D eigenvalue weighted by Crippen LogP contribution is 2.31. The highest BCUT2D eigenvalue weighted by Gasteiger charge is 2.35. The Labute approximate surface area is 182 Å². The number of fused-ring (bicyclic) bond motifs is 1. The van der Waals surface area contributed by atoms with Crippen LogP contribution in [0.2, 0.25) is 0 Å². The Morgan fingerprint density at radius 2 is 2.06 bits per heavy atom. The predicted octanol–water partition coefficient (Wildman–Crippen LogP) is 2.87. The smallest absolute Gasteiger partial charge is 0.313 e. The highest BCUT2D eigenvalue weighted by atomic mass is 19.1. The van der Waals surface area contributed by atoms with Crippen molar-refractivity contribution in [3.63, 3.8) is 0 Å². The predicted molar refractivity (Wildman–Crippen MR) is 114 cm³/mol. The van der Waals surface area contributed by atoms with E-state index in [-0.39, 0.29) is 17.8 Å². The summed E-state index contributed by atoms with van der Waals surface area (Å²) < 4.78 is 25.2. The molecule has 2 heterocycles. The van der Waals surface area contributed by atoms with E-state index in [9.17, 15) is 9.18 Å². The molecule has 0 bridgehead atoms. The van der Waals surface area contributed by atoms with Crippen LogP contribution in [0.25, 0.3) is 0 Å². The summed E-state index contributed by atoms with van der Waals surface area (Å²) in [6.45, 7) is 5.27. The molecule has 1 aromatic carbocycles. The number of alkyl halides is 1. The zero-order chi connectivity index (χ0) is 21.8. The van der Waals surface area contributed by atoms with E-state index in [1.807, 2.05) is 6.08 Å². The highest BCUT2D eigenvalue weighted by molar-refractivity contribution is 5.77. The summed E-state index contributed by atoms with van der Waals surface area (Å²) in [7, 11) is 1.49. The first-order chi connectivity index (χ1) is 15.1. The molecule has 164 valence electrons. The normalized spacial score (nSPS) is 24.8. The number of carbonyl (C=O) groups is 1. The maximum atomic E-state index is 14.9. The Hall–Kier alpha value is -2.69. The van der Waals surface area contributed by atoms with Crippen LogP contribution < -0.4 is 4.74 Å². The van der Waals surface area contributed by atoms with E-state index in [0.717, 1.165) is 39.1 Å². The third-order valence-electron chi connectivity index (χ3n) is 6.41. The van der Waals surface area contributed by atoms with Gasteiger partial charge in [-0.2, -0.15) is 5.26 Å². The molecule has 3 unspecified atom stereocenters. The Bertz CT molecular complexity index is 915. The molecule has 3 aliphatic rings. The molecule has 0 amide bonds. The number of cyclic esters (lactones) is 1. The molecular weight excluding hydrogens is 397 g/mol. The average Bonchev–Trinajstić information content (AvgIpc) is 3.18. The third kappa shape index (κ3) is 4.97. The molecule has 1 aliphatic carbocycles. The van der Waals surface area contributed by atoms with Crippen LogP contribution in [0.4, 0.5) is 4.39 Å². The number of halogens is 1. The molecule has 4 rings (SSSR count). The average molecular weight is 426 g/mol. The van der Waals surface area contributed by atoms with Gasteiger partial charge >= 0.3 is 5.97 Å². The summed E-state index contributed by atoms with van der Waals surface area (Å²) in [5.74, 6) is 0.389. The van der Waals surface area contributed by atoms with Crippen molar-refractivity contribution in [3.8, 4) is 11.8 Å². The number of nitriles is 1. The molecule has 0 spiro atoms. The number of piperazine rings is 1. The van der Waals surface area contributed by atoms with Crippen molar-refractivity contribution in [1.82, 2.24) is 9.80 Å². The van der Waals surface area contributed by atoms with Crippen molar-refractivity contribution in [2.45, 2.75) is 12.6 Å². The molecule has 2 saturated heterocycles. The number of ether oxygens (including phenoxy) is 2. The fourth-order valence-corrected chi connectivity index (χ4v) is 4.46.